The van der Waals surface area contributed by atoms with Crippen molar-refractivity contribution in [3.63, 3.8) is 0 Å². The number of aryl methyl sites for hydroxylation is 1. The third-order valence-corrected chi connectivity index (χ3v) is 2.61. The zero-order valence-corrected chi connectivity index (χ0v) is 10.2. The van der Waals surface area contributed by atoms with Crippen molar-refractivity contribution in [1.29, 1.82) is 0 Å². The van der Waals surface area contributed by atoms with Crippen molar-refractivity contribution in [3.8, 4) is 5.75 Å². The van der Waals surface area contributed by atoms with Crippen LogP contribution in [-0.2, 0) is 6.61 Å². The van der Waals surface area contributed by atoms with Crippen LogP contribution in [0.3, 0.4) is 0 Å². The second kappa shape index (κ2) is 5.06. The Bertz CT molecular complexity index is 514. The first-order chi connectivity index (χ1) is 8.16. The number of halogens is 1. The van der Waals surface area contributed by atoms with Gasteiger partial charge in [0.05, 0.1) is 11.4 Å². The summed E-state index contributed by atoms with van der Waals surface area (Å²) in [5.41, 5.74) is 8.16. The molecule has 1 heterocycles. The molecule has 4 heteroatoms. The Balaban J connectivity index is 2.14. The van der Waals surface area contributed by atoms with Crippen LogP contribution in [0, 0.1) is 6.92 Å². The summed E-state index contributed by atoms with van der Waals surface area (Å²) in [5, 5.41) is 0.389. The van der Waals surface area contributed by atoms with Crippen LogP contribution in [-0.4, -0.2) is 4.98 Å². The molecule has 2 aromatic rings. The van der Waals surface area contributed by atoms with Gasteiger partial charge in [-0.1, -0.05) is 41.9 Å². The summed E-state index contributed by atoms with van der Waals surface area (Å²) in [5.74, 6) is 0.575. The minimum absolute atomic E-state index is 0.389. The normalized spacial score (nSPS) is 10.2. The minimum Gasteiger partial charge on any atom is -0.487 e. The summed E-state index contributed by atoms with van der Waals surface area (Å²) in [4.78, 5) is 4.05. The van der Waals surface area contributed by atoms with Crippen molar-refractivity contribution in [2.75, 3.05) is 5.73 Å². The maximum atomic E-state index is 5.87. The largest absolute Gasteiger partial charge is 0.487 e. The topological polar surface area (TPSA) is 48.1 Å². The quantitative estimate of drug-likeness (QED) is 0.849. The molecule has 1 aromatic heterocycles. The molecule has 0 aliphatic rings. The van der Waals surface area contributed by atoms with E-state index in [1.165, 1.54) is 0 Å². The highest BCUT2D eigenvalue weighted by Crippen LogP contribution is 2.27. The predicted molar refractivity (Wildman–Crippen MR) is 69.2 cm³/mol. The molecular formula is C13H13ClN2O. The number of hydrogen-bond acceptors (Lipinski definition) is 3. The summed E-state index contributed by atoms with van der Waals surface area (Å²) >= 11 is 5.86. The number of nitrogens with zero attached hydrogens (tertiary/aromatic N) is 1. The predicted octanol–water partition coefficient (Wildman–Crippen LogP) is 3.20. The Morgan fingerprint density at radius 1 is 1.29 bits per heavy atom. The zero-order chi connectivity index (χ0) is 12.3. The van der Waals surface area contributed by atoms with Crippen LogP contribution < -0.4 is 10.5 Å². The lowest BCUT2D eigenvalue weighted by Gasteiger charge is -2.10. The van der Waals surface area contributed by atoms with E-state index in [1.54, 1.807) is 13.0 Å². The number of ether oxygens (including phenoxy) is 1. The average Bonchev–Trinajstić information content (AvgIpc) is 2.33. The Morgan fingerprint density at radius 2 is 2.00 bits per heavy atom. The Labute approximate surface area is 105 Å². The maximum Gasteiger partial charge on any atom is 0.147 e. The molecule has 2 N–H and O–H groups in total. The summed E-state index contributed by atoms with van der Waals surface area (Å²) in [7, 11) is 0. The number of anilines is 1. The lowest BCUT2D eigenvalue weighted by atomic mass is 10.2. The number of hydrogen-bond donors (Lipinski definition) is 1. The van der Waals surface area contributed by atoms with Gasteiger partial charge in [-0.2, -0.15) is 0 Å². The first-order valence-electron chi connectivity index (χ1n) is 5.26. The SMILES string of the molecule is Cc1nc(Cl)cc(OCc2ccccc2)c1N. The molecule has 0 aliphatic carbocycles. The first-order valence-corrected chi connectivity index (χ1v) is 5.64. The first kappa shape index (κ1) is 11.7. The smallest absolute Gasteiger partial charge is 0.147 e. The van der Waals surface area contributed by atoms with Gasteiger partial charge in [0.25, 0.3) is 0 Å². The van der Waals surface area contributed by atoms with Gasteiger partial charge in [-0.25, -0.2) is 4.98 Å². The van der Waals surface area contributed by atoms with Crippen molar-refractivity contribution in [2.45, 2.75) is 13.5 Å². The molecule has 0 amide bonds. The molecule has 88 valence electrons. The number of aromatic nitrogens is 1. The fourth-order valence-electron chi connectivity index (χ4n) is 1.47. The van der Waals surface area contributed by atoms with E-state index in [1.807, 2.05) is 30.3 Å². The van der Waals surface area contributed by atoms with Gasteiger partial charge in [0.1, 0.15) is 17.5 Å². The van der Waals surface area contributed by atoms with Crippen LogP contribution in [0.1, 0.15) is 11.3 Å². The Morgan fingerprint density at radius 3 is 2.71 bits per heavy atom. The van der Waals surface area contributed by atoms with Crippen LogP contribution in [0.15, 0.2) is 36.4 Å². The van der Waals surface area contributed by atoms with Crippen LogP contribution in [0.25, 0.3) is 0 Å². The molecule has 1 aromatic carbocycles. The van der Waals surface area contributed by atoms with E-state index in [2.05, 4.69) is 4.98 Å². The third kappa shape index (κ3) is 2.88. The number of nitrogen functional groups attached to an aromatic ring is 1. The highest BCUT2D eigenvalue weighted by Gasteiger charge is 2.07. The molecule has 2 rings (SSSR count). The van der Waals surface area contributed by atoms with Crippen molar-refractivity contribution < 1.29 is 4.74 Å². The van der Waals surface area contributed by atoms with Crippen LogP contribution in [0.4, 0.5) is 5.69 Å². The second-order valence-electron chi connectivity index (χ2n) is 3.72. The zero-order valence-electron chi connectivity index (χ0n) is 9.48. The molecule has 0 unspecified atom stereocenters. The van der Waals surface area contributed by atoms with Gasteiger partial charge in [0.15, 0.2) is 0 Å². The maximum absolute atomic E-state index is 5.87. The van der Waals surface area contributed by atoms with Crippen molar-refractivity contribution in [1.82, 2.24) is 4.98 Å². The van der Waals surface area contributed by atoms with Crippen molar-refractivity contribution >= 4 is 17.3 Å². The van der Waals surface area contributed by atoms with E-state index in [-0.39, 0.29) is 0 Å². The van der Waals surface area contributed by atoms with Gasteiger partial charge in [0.2, 0.25) is 0 Å². The standard InChI is InChI=1S/C13H13ClN2O/c1-9-13(15)11(7-12(14)16-9)17-8-10-5-3-2-4-6-10/h2-7H,8,15H2,1H3. The molecule has 0 fully saturated rings. The molecule has 0 saturated carbocycles. The summed E-state index contributed by atoms with van der Waals surface area (Å²) in [6, 6.07) is 11.5. The summed E-state index contributed by atoms with van der Waals surface area (Å²) in [6.45, 7) is 2.27. The van der Waals surface area contributed by atoms with E-state index < -0.39 is 0 Å². The highest BCUT2D eigenvalue weighted by atomic mass is 35.5. The number of benzene rings is 1. The molecule has 0 atom stereocenters. The highest BCUT2D eigenvalue weighted by molar-refractivity contribution is 6.29. The van der Waals surface area contributed by atoms with Crippen LogP contribution in [0.5, 0.6) is 5.75 Å². The van der Waals surface area contributed by atoms with Crippen molar-refractivity contribution in [2.24, 2.45) is 0 Å². The Hall–Kier alpha value is -1.74. The lowest BCUT2D eigenvalue weighted by Crippen LogP contribution is -2.01. The van der Waals surface area contributed by atoms with Gasteiger partial charge >= 0.3 is 0 Å². The van der Waals surface area contributed by atoms with Crippen LogP contribution in [0.2, 0.25) is 5.15 Å². The average molecular weight is 249 g/mol. The monoisotopic (exact) mass is 248 g/mol. The molecule has 0 radical (unpaired) electrons. The van der Waals surface area contributed by atoms with E-state index >= 15 is 0 Å². The molecule has 17 heavy (non-hydrogen) atoms. The number of nitrogens with two attached hydrogens (primary N) is 1. The van der Waals surface area contributed by atoms with E-state index in [0.29, 0.717) is 28.9 Å². The molecule has 0 bridgehead atoms. The number of pyridine rings is 1. The third-order valence-electron chi connectivity index (χ3n) is 2.42. The van der Waals surface area contributed by atoms with E-state index in [4.69, 9.17) is 22.1 Å². The fourth-order valence-corrected chi connectivity index (χ4v) is 1.70. The second-order valence-corrected chi connectivity index (χ2v) is 4.10. The molecule has 0 saturated heterocycles. The van der Waals surface area contributed by atoms with Gasteiger partial charge in [-0.05, 0) is 12.5 Å². The Kier molecular flexibility index (Phi) is 3.49. The van der Waals surface area contributed by atoms with E-state index in [9.17, 15) is 0 Å². The number of rotatable bonds is 3. The molecular weight excluding hydrogens is 236 g/mol. The van der Waals surface area contributed by atoms with Crippen molar-refractivity contribution in [3.05, 3.63) is 52.8 Å². The lowest BCUT2D eigenvalue weighted by molar-refractivity contribution is 0.307. The summed E-state index contributed by atoms with van der Waals surface area (Å²) < 4.78 is 5.64. The fraction of sp³-hybridized carbons (Fsp3) is 0.154. The van der Waals surface area contributed by atoms with Gasteiger partial charge in [-0.15, -0.1) is 0 Å². The molecule has 0 spiro atoms. The van der Waals surface area contributed by atoms with Gasteiger partial charge in [0, 0.05) is 6.07 Å². The van der Waals surface area contributed by atoms with Gasteiger partial charge in [-0.3, -0.25) is 0 Å². The minimum atomic E-state index is 0.389. The van der Waals surface area contributed by atoms with Crippen LogP contribution >= 0.6 is 11.6 Å². The molecule has 3 nitrogen and oxygen atoms in total. The van der Waals surface area contributed by atoms with Gasteiger partial charge < -0.3 is 10.5 Å². The van der Waals surface area contributed by atoms with E-state index in [0.717, 1.165) is 5.56 Å². The summed E-state index contributed by atoms with van der Waals surface area (Å²) in [6.07, 6.45) is 0. The molecule has 0 aliphatic heterocycles.